The number of pyridine rings is 1. The average molecular weight is 540 g/mol. The molecule has 0 radical (unpaired) electrons. The van der Waals surface area contributed by atoms with Crippen LogP contribution in [0.25, 0.3) is 22.4 Å². The summed E-state index contributed by atoms with van der Waals surface area (Å²) in [4.78, 5) is 36.5. The van der Waals surface area contributed by atoms with Gasteiger partial charge in [-0.2, -0.15) is 0 Å². The molecule has 1 atom stereocenters. The second-order valence-corrected chi connectivity index (χ2v) is 9.60. The number of carbonyl (C=O) groups is 2. The molecule has 1 fully saturated rings. The number of nitrogens with two attached hydrogens (primary N) is 2. The van der Waals surface area contributed by atoms with Gasteiger partial charge in [0.15, 0.2) is 11.5 Å². The highest BCUT2D eigenvalue weighted by atomic mass is 19.1. The lowest BCUT2D eigenvalue weighted by Gasteiger charge is -2.34. The summed E-state index contributed by atoms with van der Waals surface area (Å²) >= 11 is 0. The number of hydrogen-bond donors (Lipinski definition) is 3. The van der Waals surface area contributed by atoms with Gasteiger partial charge in [0.2, 0.25) is 0 Å². The van der Waals surface area contributed by atoms with Crippen LogP contribution < -0.4 is 16.9 Å². The van der Waals surface area contributed by atoms with Gasteiger partial charge >= 0.3 is 0 Å². The van der Waals surface area contributed by atoms with Crippen molar-refractivity contribution in [1.29, 1.82) is 0 Å². The molecule has 40 heavy (non-hydrogen) atoms. The molecule has 1 aliphatic rings. The zero-order chi connectivity index (χ0) is 28.2. The SMILES string of the molecule is CC=CN1CCCCC1c1nc(-c2ccc(C(=O)Nc3cc(-c4ccc(F)cc4)ccn3)cc2)c(C(N)=O)n1N. The van der Waals surface area contributed by atoms with E-state index < -0.39 is 5.91 Å². The van der Waals surface area contributed by atoms with Gasteiger partial charge in [0.1, 0.15) is 17.3 Å². The van der Waals surface area contributed by atoms with Crippen molar-refractivity contribution in [2.45, 2.75) is 32.2 Å². The Kier molecular flexibility index (Phi) is 7.59. The summed E-state index contributed by atoms with van der Waals surface area (Å²) in [5.41, 5.74) is 8.79. The molecule has 10 heteroatoms. The third-order valence-electron chi connectivity index (χ3n) is 6.95. The summed E-state index contributed by atoms with van der Waals surface area (Å²) in [7, 11) is 0. The maximum Gasteiger partial charge on any atom is 0.269 e. The van der Waals surface area contributed by atoms with Crippen molar-refractivity contribution in [2.75, 3.05) is 17.7 Å². The molecule has 2 aromatic heterocycles. The largest absolute Gasteiger partial charge is 0.368 e. The van der Waals surface area contributed by atoms with Gasteiger partial charge in [-0.3, -0.25) is 9.59 Å². The predicted molar refractivity (Wildman–Crippen MR) is 152 cm³/mol. The highest BCUT2D eigenvalue weighted by molar-refractivity contribution is 6.04. The van der Waals surface area contributed by atoms with Crippen LogP contribution in [-0.4, -0.2) is 37.9 Å². The van der Waals surface area contributed by atoms with Crippen LogP contribution in [0.1, 0.15) is 58.9 Å². The van der Waals surface area contributed by atoms with Crippen LogP contribution >= 0.6 is 0 Å². The van der Waals surface area contributed by atoms with Crippen molar-refractivity contribution in [3.05, 3.63) is 102 Å². The molecule has 2 amide bonds. The number of piperidine rings is 1. The van der Waals surface area contributed by atoms with Gasteiger partial charge in [-0.05, 0) is 79.9 Å². The Labute approximate surface area is 231 Å². The van der Waals surface area contributed by atoms with Crippen molar-refractivity contribution in [3.63, 3.8) is 0 Å². The first-order valence-electron chi connectivity index (χ1n) is 13.1. The third-order valence-corrected chi connectivity index (χ3v) is 6.95. The van der Waals surface area contributed by atoms with E-state index in [1.165, 1.54) is 16.8 Å². The van der Waals surface area contributed by atoms with E-state index in [9.17, 15) is 14.0 Å². The highest BCUT2D eigenvalue weighted by Crippen LogP contribution is 2.33. The van der Waals surface area contributed by atoms with Gasteiger partial charge in [-0.25, -0.2) is 19.0 Å². The van der Waals surface area contributed by atoms with E-state index in [1.807, 2.05) is 19.2 Å². The first-order valence-corrected chi connectivity index (χ1v) is 13.1. The molecule has 1 unspecified atom stereocenters. The number of likely N-dealkylation sites (tertiary alicyclic amines) is 1. The lowest BCUT2D eigenvalue weighted by molar-refractivity contribution is 0.0990. The topological polar surface area (TPSA) is 132 Å². The minimum Gasteiger partial charge on any atom is -0.368 e. The molecule has 0 spiro atoms. The first kappa shape index (κ1) is 26.6. The number of nitrogens with zero attached hydrogens (tertiary/aromatic N) is 4. The zero-order valence-electron chi connectivity index (χ0n) is 22.0. The number of aromatic nitrogens is 3. The Morgan fingerprint density at radius 3 is 2.45 bits per heavy atom. The molecule has 2 aromatic carbocycles. The fourth-order valence-electron chi connectivity index (χ4n) is 5.01. The van der Waals surface area contributed by atoms with E-state index in [1.54, 1.807) is 54.7 Å². The molecule has 204 valence electrons. The predicted octanol–water partition coefficient (Wildman–Crippen LogP) is 4.88. The maximum atomic E-state index is 13.3. The lowest BCUT2D eigenvalue weighted by atomic mass is 10.0. The molecule has 4 aromatic rings. The fraction of sp³-hybridized carbons (Fsp3) is 0.200. The van der Waals surface area contributed by atoms with Gasteiger partial charge < -0.3 is 21.8 Å². The Hall–Kier alpha value is -4.99. The smallest absolute Gasteiger partial charge is 0.269 e. The normalized spacial score (nSPS) is 15.3. The molecule has 1 aliphatic heterocycles. The summed E-state index contributed by atoms with van der Waals surface area (Å²) in [6.45, 7) is 2.82. The standard InChI is InChI=1S/C30H30FN7O2/c1-2-16-37-17-4-3-5-24(37)29-36-26(27(28(32)39)38(29)33)20-6-8-21(9-7-20)30(40)35-25-18-22(14-15-34-25)19-10-12-23(31)13-11-19/h2,6-16,18,24H,3-5,17,33H2,1H3,(H2,32,39)(H,34,35,40). The number of allylic oxidation sites excluding steroid dienone is 1. The van der Waals surface area contributed by atoms with Crippen molar-refractivity contribution in [3.8, 4) is 22.4 Å². The number of primary amides is 1. The van der Waals surface area contributed by atoms with Crippen LogP contribution in [0.15, 0.2) is 79.1 Å². The summed E-state index contributed by atoms with van der Waals surface area (Å²) in [5, 5.41) is 2.79. The van der Waals surface area contributed by atoms with Crippen LogP contribution in [0.2, 0.25) is 0 Å². The number of nitrogens with one attached hydrogen (secondary N) is 1. The molecule has 0 saturated carbocycles. The molecule has 5 N–H and O–H groups in total. The Morgan fingerprint density at radius 1 is 1.02 bits per heavy atom. The average Bonchev–Trinajstić information content (AvgIpc) is 3.31. The number of rotatable bonds is 7. The number of halogens is 1. The van der Waals surface area contributed by atoms with Gasteiger partial charge in [-0.15, -0.1) is 0 Å². The second-order valence-electron chi connectivity index (χ2n) is 9.60. The molecule has 1 saturated heterocycles. The van der Waals surface area contributed by atoms with Gasteiger partial charge in [0, 0.05) is 23.9 Å². The van der Waals surface area contributed by atoms with E-state index in [2.05, 4.69) is 15.2 Å². The van der Waals surface area contributed by atoms with Crippen molar-refractivity contribution < 1.29 is 14.0 Å². The minimum absolute atomic E-state index is 0.0787. The van der Waals surface area contributed by atoms with Crippen LogP contribution in [0.4, 0.5) is 10.2 Å². The maximum absolute atomic E-state index is 13.3. The third kappa shape index (κ3) is 5.42. The van der Waals surface area contributed by atoms with E-state index in [0.29, 0.717) is 28.5 Å². The number of carbonyl (C=O) groups excluding carboxylic acids is 2. The Bertz CT molecular complexity index is 1560. The fourth-order valence-corrected chi connectivity index (χ4v) is 5.01. The van der Waals surface area contributed by atoms with Crippen LogP contribution in [0, 0.1) is 5.82 Å². The summed E-state index contributed by atoms with van der Waals surface area (Å²) in [5.74, 6) is 5.93. The van der Waals surface area contributed by atoms with Crippen LogP contribution in [0.3, 0.4) is 0 Å². The molecule has 3 heterocycles. The lowest BCUT2D eigenvalue weighted by Crippen LogP contribution is -2.33. The quantitative estimate of drug-likeness (QED) is 0.287. The minimum atomic E-state index is -0.682. The van der Waals surface area contributed by atoms with E-state index in [4.69, 9.17) is 16.6 Å². The van der Waals surface area contributed by atoms with Gasteiger partial charge in [0.25, 0.3) is 11.8 Å². The molecular formula is C30H30FN7O2. The number of hydrogen-bond acceptors (Lipinski definition) is 6. The van der Waals surface area contributed by atoms with E-state index in [-0.39, 0.29) is 23.5 Å². The van der Waals surface area contributed by atoms with Crippen LogP contribution in [-0.2, 0) is 0 Å². The monoisotopic (exact) mass is 539 g/mol. The molecule has 0 aliphatic carbocycles. The zero-order valence-corrected chi connectivity index (χ0v) is 22.0. The Morgan fingerprint density at radius 2 is 1.75 bits per heavy atom. The number of nitrogen functional groups attached to an aromatic ring is 1. The van der Waals surface area contributed by atoms with Gasteiger partial charge in [0.05, 0.1) is 6.04 Å². The summed E-state index contributed by atoms with van der Waals surface area (Å²) in [6.07, 6.45) is 8.50. The van der Waals surface area contributed by atoms with Gasteiger partial charge in [-0.1, -0.05) is 30.3 Å². The number of anilines is 1. The van der Waals surface area contributed by atoms with Crippen molar-refractivity contribution in [1.82, 2.24) is 19.5 Å². The molecule has 0 bridgehead atoms. The Balaban J connectivity index is 1.38. The van der Waals surface area contributed by atoms with Crippen LogP contribution in [0.5, 0.6) is 0 Å². The second kappa shape index (κ2) is 11.4. The van der Waals surface area contributed by atoms with E-state index in [0.717, 1.165) is 36.9 Å². The number of benzene rings is 2. The van der Waals surface area contributed by atoms with Crippen molar-refractivity contribution >= 4 is 17.6 Å². The summed E-state index contributed by atoms with van der Waals surface area (Å²) in [6, 6.07) is 16.2. The highest BCUT2D eigenvalue weighted by Gasteiger charge is 2.30. The molecular weight excluding hydrogens is 509 g/mol. The number of amides is 2. The van der Waals surface area contributed by atoms with Crippen molar-refractivity contribution in [2.24, 2.45) is 5.73 Å². The number of imidazole rings is 1. The summed E-state index contributed by atoms with van der Waals surface area (Å²) < 4.78 is 14.6. The van der Waals surface area contributed by atoms with E-state index >= 15 is 0 Å². The molecule has 9 nitrogen and oxygen atoms in total. The molecule has 5 rings (SSSR count). The first-order chi connectivity index (χ1) is 19.4.